The van der Waals surface area contributed by atoms with Gasteiger partial charge in [0.2, 0.25) is 0 Å². The minimum Gasteiger partial charge on any atom is -0.357 e. The fourth-order valence-corrected chi connectivity index (χ4v) is 8.01. The van der Waals surface area contributed by atoms with Crippen molar-refractivity contribution < 1.29 is 16.5 Å². The number of benzene rings is 4. The summed E-state index contributed by atoms with van der Waals surface area (Å²) in [6.45, 7) is 4.53. The van der Waals surface area contributed by atoms with E-state index >= 15 is 0 Å². The number of nitrogens with zero attached hydrogens (tertiary/aromatic N) is 10. The van der Waals surface area contributed by atoms with Crippen LogP contribution in [0, 0.1) is 0 Å². The Morgan fingerprint density at radius 2 is 0.800 bits per heavy atom. The number of aryl methyl sites for hydroxylation is 2. The Morgan fingerprint density at radius 1 is 0.418 bits per heavy atom. The Balaban J connectivity index is 0.00000427. The Bertz CT molecular complexity index is 2500. The molecule has 11 heteroatoms. The third-order valence-electron chi connectivity index (χ3n) is 10.7. The summed E-state index contributed by atoms with van der Waals surface area (Å²) >= 11 is 0. The third-order valence-corrected chi connectivity index (χ3v) is 10.7. The molecule has 2 aliphatic heterocycles. The minimum absolute atomic E-state index is 0. The van der Waals surface area contributed by atoms with E-state index in [1.807, 2.05) is 48.5 Å². The van der Waals surface area contributed by atoms with Crippen LogP contribution in [0.2, 0.25) is 0 Å². The molecule has 278 valence electrons. The molecule has 10 nitrogen and oxygen atoms in total. The van der Waals surface area contributed by atoms with Gasteiger partial charge in [-0.1, -0.05) is 138 Å². The van der Waals surface area contributed by atoms with Gasteiger partial charge in [-0.25, -0.2) is 20.2 Å². The van der Waals surface area contributed by atoms with Gasteiger partial charge in [0.1, 0.15) is 23.2 Å². The van der Waals surface area contributed by atoms with Crippen LogP contribution in [-0.4, -0.2) is 40.1 Å². The molecule has 55 heavy (non-hydrogen) atoms. The molecule has 3 aromatic heterocycles. The van der Waals surface area contributed by atoms with Crippen molar-refractivity contribution in [3.05, 3.63) is 83.9 Å². The number of fused-ring (bicyclic) bond motifs is 18. The van der Waals surface area contributed by atoms with Crippen molar-refractivity contribution >= 4 is 44.4 Å². The van der Waals surface area contributed by atoms with Gasteiger partial charge in [0.15, 0.2) is 0 Å². The van der Waals surface area contributed by atoms with E-state index in [1.54, 1.807) is 0 Å². The van der Waals surface area contributed by atoms with Crippen LogP contribution in [0.3, 0.4) is 0 Å². The van der Waals surface area contributed by atoms with E-state index in [1.165, 1.54) is 73.3 Å². The van der Waals surface area contributed by atoms with E-state index < -0.39 is 0 Å². The number of unbranched alkanes of at least 4 members (excludes halogenated alkanes) is 8. The average Bonchev–Trinajstić information content (AvgIpc) is 3.97. The topological polar surface area (TPSA) is 131 Å². The van der Waals surface area contributed by atoms with Gasteiger partial charge in [0.25, 0.3) is 0 Å². The van der Waals surface area contributed by atoms with E-state index in [2.05, 4.69) is 53.3 Å². The first-order valence-corrected chi connectivity index (χ1v) is 19.6. The molecule has 2 aliphatic rings. The number of hydrogen-bond donors (Lipinski definition) is 0. The summed E-state index contributed by atoms with van der Waals surface area (Å²) in [7, 11) is 0. The molecule has 0 fully saturated rings. The van der Waals surface area contributed by atoms with Crippen molar-refractivity contribution in [3.8, 4) is 45.6 Å². The van der Waals surface area contributed by atoms with Crippen LogP contribution in [0.15, 0.2) is 72.8 Å². The molecule has 0 radical (unpaired) electrons. The maximum Gasteiger partial charge on any atom is 2.00 e. The number of hydrogen-bond acceptors (Lipinski definition) is 8. The zero-order valence-electron chi connectivity index (χ0n) is 31.2. The van der Waals surface area contributed by atoms with Crippen molar-refractivity contribution in [3.63, 3.8) is 0 Å². The first-order chi connectivity index (χ1) is 26.7. The number of aromatic nitrogens is 10. The zero-order chi connectivity index (χ0) is 36.4. The van der Waals surface area contributed by atoms with E-state index in [-0.39, 0.29) is 28.0 Å². The van der Waals surface area contributed by atoms with Crippen LogP contribution in [0.4, 0.5) is 0 Å². The maximum atomic E-state index is 5.36. The zero-order valence-corrected chi connectivity index (χ0v) is 32.2. The summed E-state index contributed by atoms with van der Waals surface area (Å²) < 4.78 is 0. The molecular formula is C44H42N10Ni. The van der Waals surface area contributed by atoms with Crippen LogP contribution >= 0.6 is 0 Å². The van der Waals surface area contributed by atoms with E-state index in [0.717, 1.165) is 58.7 Å². The fraction of sp³-hybridized carbons (Fsp3) is 0.318. The summed E-state index contributed by atoms with van der Waals surface area (Å²) in [4.78, 5) is 40.0. The molecule has 9 rings (SSSR count). The second kappa shape index (κ2) is 16.1. The van der Waals surface area contributed by atoms with Gasteiger partial charge in [-0.2, -0.15) is 0 Å². The molecule has 4 aromatic carbocycles. The predicted molar refractivity (Wildman–Crippen MR) is 215 cm³/mol. The Labute approximate surface area is 330 Å². The maximum absolute atomic E-state index is 5.36. The van der Waals surface area contributed by atoms with Gasteiger partial charge in [-0.15, -0.1) is 0 Å². The molecule has 0 atom stereocenters. The molecule has 0 spiro atoms. The van der Waals surface area contributed by atoms with Crippen molar-refractivity contribution in [2.75, 3.05) is 0 Å². The first kappa shape index (κ1) is 36.6. The Kier molecular flexibility index (Phi) is 10.7. The van der Waals surface area contributed by atoms with Crippen molar-refractivity contribution in [1.29, 1.82) is 0 Å². The fourth-order valence-electron chi connectivity index (χ4n) is 8.01. The van der Waals surface area contributed by atoms with Crippen molar-refractivity contribution in [2.24, 2.45) is 0 Å². The summed E-state index contributed by atoms with van der Waals surface area (Å²) in [5.41, 5.74) is 7.27. The Morgan fingerprint density at radius 3 is 1.22 bits per heavy atom. The predicted octanol–water partition coefficient (Wildman–Crippen LogP) is 9.94. The first-order valence-electron chi connectivity index (χ1n) is 19.6. The molecule has 0 saturated heterocycles. The van der Waals surface area contributed by atoms with Crippen LogP contribution in [0.25, 0.3) is 89.9 Å². The van der Waals surface area contributed by atoms with E-state index in [4.69, 9.17) is 34.9 Å². The Hall–Kier alpha value is -5.41. The van der Waals surface area contributed by atoms with Gasteiger partial charge in [0, 0.05) is 33.5 Å². The van der Waals surface area contributed by atoms with Gasteiger partial charge in [-0.05, 0) is 58.4 Å². The summed E-state index contributed by atoms with van der Waals surface area (Å²) in [5.74, 6) is 2.41. The van der Waals surface area contributed by atoms with Crippen LogP contribution in [0.1, 0.15) is 89.2 Å². The second-order valence-electron chi connectivity index (χ2n) is 14.3. The quantitative estimate of drug-likeness (QED) is 0.0874. The summed E-state index contributed by atoms with van der Waals surface area (Å²) in [6.07, 6.45) is 13.8. The summed E-state index contributed by atoms with van der Waals surface area (Å²) in [5, 5.41) is 13.1. The average molecular weight is 770 g/mol. The van der Waals surface area contributed by atoms with Gasteiger partial charge in [0.05, 0.1) is 11.6 Å². The molecule has 0 unspecified atom stereocenters. The van der Waals surface area contributed by atoms with E-state index in [9.17, 15) is 0 Å². The normalized spacial score (nSPS) is 11.8. The summed E-state index contributed by atoms with van der Waals surface area (Å²) in [6, 6.07) is 24.9. The van der Waals surface area contributed by atoms with Crippen LogP contribution in [-0.2, 0) is 29.3 Å². The third kappa shape index (κ3) is 7.02. The molecule has 0 aliphatic carbocycles. The van der Waals surface area contributed by atoms with Crippen LogP contribution in [0.5, 0.6) is 0 Å². The van der Waals surface area contributed by atoms with Gasteiger partial charge < -0.3 is 15.0 Å². The second-order valence-corrected chi connectivity index (χ2v) is 14.3. The molecule has 8 bridgehead atoms. The molecular weight excluding hydrogens is 727 g/mol. The number of rotatable bonds is 12. The van der Waals surface area contributed by atoms with E-state index in [0.29, 0.717) is 34.6 Å². The van der Waals surface area contributed by atoms with Gasteiger partial charge in [-0.3, -0.25) is 15.0 Å². The molecule has 0 N–H and O–H groups in total. The molecule has 5 heterocycles. The van der Waals surface area contributed by atoms with Crippen molar-refractivity contribution in [2.45, 2.75) is 90.9 Å². The SMILES string of the molecule is CCCCCCCc1c2ccccc2c(CCCCCCC)c2c3nc4nc(nc5nnc(nc6nc(nc([n-]3)c12)-c1ccccc1-6)[n-]5)-c1ccccc1-4.[Ni+2]. The smallest absolute Gasteiger partial charge is 0.357 e. The van der Waals surface area contributed by atoms with Crippen molar-refractivity contribution in [1.82, 2.24) is 50.1 Å². The van der Waals surface area contributed by atoms with Crippen LogP contribution < -0.4 is 9.97 Å². The standard InChI is InChI=1S/C44H42N10.Ni/c1-3-5-7-9-11-21-29-27-19-13-14-20-28(27)30(22-12-10-8-6-4-2)36-35(29)41-47-37-31-23-15-17-25-33(31)39(45-37)50-43-52-44(54-53-43)51-40-34-26-18-16-24-32(34)38(46-40)48-42(36)49-41;/h13-20,23-26H,3-12,21-22H2,1-2H3;/q-2;+2. The molecule has 0 amide bonds. The largest absolute Gasteiger partial charge is 2.00 e. The molecule has 7 aromatic rings. The minimum atomic E-state index is 0. The molecule has 0 saturated carbocycles. The van der Waals surface area contributed by atoms with Gasteiger partial charge >= 0.3 is 16.5 Å². The monoisotopic (exact) mass is 768 g/mol.